The highest BCUT2D eigenvalue weighted by atomic mass is 16.5. The lowest BCUT2D eigenvalue weighted by molar-refractivity contribution is 0.0921. The Balaban J connectivity index is 1.64. The number of hydrogen-bond donors (Lipinski definition) is 0. The van der Waals surface area contributed by atoms with E-state index >= 15 is 0 Å². The fraction of sp³-hybridized carbons (Fsp3) is 0.208. The summed E-state index contributed by atoms with van der Waals surface area (Å²) < 4.78 is 10.8. The molecule has 3 nitrogen and oxygen atoms in total. The largest absolute Gasteiger partial charge is 0.497 e. The molecule has 27 heavy (non-hydrogen) atoms. The van der Waals surface area contributed by atoms with E-state index in [1.165, 1.54) is 11.1 Å². The zero-order chi connectivity index (χ0) is 19.3. The fourth-order valence-corrected chi connectivity index (χ4v) is 3.00. The molecule has 0 amide bonds. The lowest BCUT2D eigenvalue weighted by atomic mass is 9.78. The van der Waals surface area contributed by atoms with Gasteiger partial charge >= 0.3 is 0 Å². The maximum atomic E-state index is 12.3. The second-order valence-corrected chi connectivity index (χ2v) is 6.96. The molecule has 0 fully saturated rings. The van der Waals surface area contributed by atoms with E-state index in [0.29, 0.717) is 11.3 Å². The summed E-state index contributed by atoms with van der Waals surface area (Å²) in [6.45, 7) is 4.41. The van der Waals surface area contributed by atoms with Gasteiger partial charge in [0.05, 0.1) is 7.11 Å². The summed E-state index contributed by atoms with van der Waals surface area (Å²) in [5.41, 5.74) is 2.96. The molecule has 3 heteroatoms. The fourth-order valence-electron chi connectivity index (χ4n) is 3.00. The maximum Gasteiger partial charge on any atom is 0.200 e. The van der Waals surface area contributed by atoms with Gasteiger partial charge < -0.3 is 9.47 Å². The van der Waals surface area contributed by atoms with E-state index in [2.05, 4.69) is 50.2 Å². The van der Waals surface area contributed by atoms with Gasteiger partial charge in [0.25, 0.3) is 0 Å². The first kappa shape index (κ1) is 18.7. The molecular formula is C24H24O3. The minimum atomic E-state index is -0.0985. The van der Waals surface area contributed by atoms with Crippen molar-refractivity contribution in [2.75, 3.05) is 13.7 Å². The summed E-state index contributed by atoms with van der Waals surface area (Å²) in [7, 11) is 1.60. The van der Waals surface area contributed by atoms with Crippen LogP contribution in [0.2, 0.25) is 0 Å². The Labute approximate surface area is 160 Å². The molecule has 0 aliphatic heterocycles. The molecule has 0 aromatic heterocycles. The van der Waals surface area contributed by atoms with E-state index in [1.54, 1.807) is 31.4 Å². The van der Waals surface area contributed by atoms with Crippen molar-refractivity contribution in [1.82, 2.24) is 0 Å². The Morgan fingerprint density at radius 1 is 0.778 bits per heavy atom. The number of carbonyl (C=O) groups excluding carboxylic acids is 1. The predicted octanol–water partition coefficient (Wildman–Crippen LogP) is 5.28. The summed E-state index contributed by atoms with van der Waals surface area (Å²) in [4.78, 5) is 12.3. The molecule has 0 radical (unpaired) electrons. The normalized spacial score (nSPS) is 11.1. The van der Waals surface area contributed by atoms with Gasteiger partial charge in [-0.1, -0.05) is 56.3 Å². The van der Waals surface area contributed by atoms with Gasteiger partial charge in [-0.3, -0.25) is 4.79 Å². The molecule has 0 aliphatic carbocycles. The van der Waals surface area contributed by atoms with Crippen LogP contribution in [0.4, 0.5) is 0 Å². The van der Waals surface area contributed by atoms with E-state index < -0.39 is 0 Å². The molecule has 0 aliphatic rings. The van der Waals surface area contributed by atoms with Gasteiger partial charge in [-0.2, -0.15) is 0 Å². The Kier molecular flexibility index (Phi) is 5.60. The van der Waals surface area contributed by atoms with Crippen molar-refractivity contribution in [1.29, 1.82) is 0 Å². The van der Waals surface area contributed by atoms with Crippen LogP contribution in [0.3, 0.4) is 0 Å². The first-order chi connectivity index (χ1) is 13.0. The van der Waals surface area contributed by atoms with Crippen LogP contribution >= 0.6 is 0 Å². The molecule has 0 bridgehead atoms. The van der Waals surface area contributed by atoms with E-state index in [9.17, 15) is 4.79 Å². The van der Waals surface area contributed by atoms with Gasteiger partial charge in [0.2, 0.25) is 0 Å². The van der Waals surface area contributed by atoms with Crippen molar-refractivity contribution in [3.8, 4) is 11.5 Å². The summed E-state index contributed by atoms with van der Waals surface area (Å²) in [6, 6.07) is 25.4. The van der Waals surface area contributed by atoms with Crippen LogP contribution in [0, 0.1) is 0 Å². The lowest BCUT2D eigenvalue weighted by Gasteiger charge is -2.26. The van der Waals surface area contributed by atoms with E-state index in [0.717, 1.165) is 5.75 Å². The van der Waals surface area contributed by atoms with Crippen molar-refractivity contribution in [3.05, 3.63) is 95.6 Å². The number of hydrogen-bond acceptors (Lipinski definition) is 3. The molecular weight excluding hydrogens is 336 g/mol. The zero-order valence-corrected chi connectivity index (χ0v) is 15.9. The standard InChI is InChI=1S/C24H24O3/c1-24(2,19-7-5-4-6-8-19)20-11-15-22(16-12-20)27-17-23(25)18-9-13-21(26-3)14-10-18/h4-16H,17H2,1-3H3. The number of methoxy groups -OCH3 is 1. The van der Waals surface area contributed by atoms with Crippen LogP contribution in [-0.4, -0.2) is 19.5 Å². The number of carbonyl (C=O) groups is 1. The second-order valence-electron chi connectivity index (χ2n) is 6.96. The first-order valence-electron chi connectivity index (χ1n) is 8.97. The van der Waals surface area contributed by atoms with Crippen LogP contribution in [-0.2, 0) is 5.41 Å². The van der Waals surface area contributed by atoms with Gasteiger partial charge in [-0.15, -0.1) is 0 Å². The maximum absolute atomic E-state index is 12.3. The van der Waals surface area contributed by atoms with Crippen LogP contribution in [0.1, 0.15) is 35.3 Å². The molecule has 0 saturated carbocycles. The van der Waals surface area contributed by atoms with Crippen molar-refractivity contribution >= 4 is 5.78 Å². The summed E-state index contributed by atoms with van der Waals surface area (Å²) in [5, 5.41) is 0. The number of rotatable bonds is 7. The van der Waals surface area contributed by atoms with Gasteiger partial charge in [0.15, 0.2) is 12.4 Å². The highest BCUT2D eigenvalue weighted by molar-refractivity contribution is 5.97. The third-order valence-corrected chi connectivity index (χ3v) is 4.85. The van der Waals surface area contributed by atoms with Gasteiger partial charge in [0.1, 0.15) is 11.5 Å². The quantitative estimate of drug-likeness (QED) is 0.538. The highest BCUT2D eigenvalue weighted by Gasteiger charge is 2.22. The summed E-state index contributed by atoms with van der Waals surface area (Å²) >= 11 is 0. The molecule has 0 heterocycles. The van der Waals surface area contributed by atoms with E-state index in [4.69, 9.17) is 9.47 Å². The predicted molar refractivity (Wildman–Crippen MR) is 108 cm³/mol. The van der Waals surface area contributed by atoms with Crippen molar-refractivity contribution in [2.45, 2.75) is 19.3 Å². The SMILES string of the molecule is COc1ccc(C(=O)COc2ccc(C(C)(C)c3ccccc3)cc2)cc1. The third-order valence-electron chi connectivity index (χ3n) is 4.85. The second kappa shape index (κ2) is 8.09. The van der Waals surface area contributed by atoms with Gasteiger partial charge in [-0.25, -0.2) is 0 Å². The third kappa shape index (κ3) is 4.37. The first-order valence-corrected chi connectivity index (χ1v) is 8.97. The molecule has 0 N–H and O–H groups in total. The summed E-state index contributed by atoms with van der Waals surface area (Å²) in [6.07, 6.45) is 0. The average molecular weight is 360 g/mol. The summed E-state index contributed by atoms with van der Waals surface area (Å²) in [5.74, 6) is 1.35. The highest BCUT2D eigenvalue weighted by Crippen LogP contribution is 2.32. The molecule has 3 aromatic rings. The van der Waals surface area contributed by atoms with Crippen molar-refractivity contribution < 1.29 is 14.3 Å². The molecule has 3 rings (SSSR count). The van der Waals surface area contributed by atoms with E-state index in [-0.39, 0.29) is 17.8 Å². The molecule has 0 unspecified atom stereocenters. The number of Topliss-reactive ketones (excluding diaryl/α,β-unsaturated/α-hetero) is 1. The van der Waals surface area contributed by atoms with Gasteiger partial charge in [0, 0.05) is 11.0 Å². The monoisotopic (exact) mass is 360 g/mol. The number of ketones is 1. The molecule has 3 aromatic carbocycles. The van der Waals surface area contributed by atoms with Gasteiger partial charge in [-0.05, 0) is 47.5 Å². The van der Waals surface area contributed by atoms with E-state index in [1.807, 2.05) is 18.2 Å². The lowest BCUT2D eigenvalue weighted by Crippen LogP contribution is -2.18. The average Bonchev–Trinajstić information content (AvgIpc) is 2.73. The molecule has 0 spiro atoms. The molecule has 138 valence electrons. The topological polar surface area (TPSA) is 35.5 Å². The zero-order valence-electron chi connectivity index (χ0n) is 15.9. The Morgan fingerprint density at radius 3 is 1.93 bits per heavy atom. The minimum absolute atomic E-state index is 0.00769. The smallest absolute Gasteiger partial charge is 0.200 e. The van der Waals surface area contributed by atoms with Crippen LogP contribution < -0.4 is 9.47 Å². The van der Waals surface area contributed by atoms with Crippen molar-refractivity contribution in [2.24, 2.45) is 0 Å². The minimum Gasteiger partial charge on any atom is -0.497 e. The Bertz CT molecular complexity index is 879. The van der Waals surface area contributed by atoms with Crippen molar-refractivity contribution in [3.63, 3.8) is 0 Å². The Morgan fingerprint density at radius 2 is 1.33 bits per heavy atom. The Hall–Kier alpha value is -3.07. The molecule has 0 saturated heterocycles. The van der Waals surface area contributed by atoms with Crippen LogP contribution in [0.25, 0.3) is 0 Å². The van der Waals surface area contributed by atoms with Crippen LogP contribution in [0.15, 0.2) is 78.9 Å². The van der Waals surface area contributed by atoms with Crippen LogP contribution in [0.5, 0.6) is 11.5 Å². The number of benzene rings is 3. The number of ether oxygens (including phenoxy) is 2. The molecule has 0 atom stereocenters.